The molecule has 2 aromatic carbocycles. The van der Waals surface area contributed by atoms with Gasteiger partial charge in [-0.2, -0.15) is 5.26 Å². The Morgan fingerprint density at radius 1 is 1.23 bits per heavy atom. The Morgan fingerprint density at radius 2 is 2.00 bits per heavy atom. The van der Waals surface area contributed by atoms with Crippen molar-refractivity contribution in [1.29, 1.82) is 5.26 Å². The van der Waals surface area contributed by atoms with Crippen LogP contribution in [0.4, 0.5) is 0 Å². The number of rotatable bonds is 6. The number of imidazole rings is 1. The average Bonchev–Trinajstić information content (AvgIpc) is 2.97. The number of fused-ring (bicyclic) bond motifs is 1. The zero-order valence-corrected chi connectivity index (χ0v) is 15.5. The molecule has 0 saturated carbocycles. The summed E-state index contributed by atoms with van der Waals surface area (Å²) in [6.07, 6.45) is 1.29. The van der Waals surface area contributed by atoms with Crippen molar-refractivity contribution in [1.82, 2.24) is 14.5 Å². The molecule has 1 atom stereocenters. The van der Waals surface area contributed by atoms with Gasteiger partial charge in [0.15, 0.2) is 0 Å². The van der Waals surface area contributed by atoms with E-state index in [1.54, 1.807) is 12.4 Å². The van der Waals surface area contributed by atoms with Crippen molar-refractivity contribution in [3.05, 3.63) is 65.0 Å². The summed E-state index contributed by atoms with van der Waals surface area (Å²) in [6, 6.07) is 13.9. The smallest absolute Gasteiger partial charge is 0.0991 e. The molecule has 3 aromatic rings. The van der Waals surface area contributed by atoms with E-state index >= 15 is 0 Å². The molecule has 3 rings (SSSR count). The van der Waals surface area contributed by atoms with E-state index in [0.29, 0.717) is 25.2 Å². The second-order valence-electron chi connectivity index (χ2n) is 6.98. The molecule has 0 bridgehead atoms. The standard InChI is InChI=1S/C21H24N4O/c1-15-7-20-21(8-16(15)2)25(14-23-20)13-19(26)12-24(3)11-18-6-4-5-17(9-18)10-22/h4-9,14,19,26H,11-13H2,1-3H3. The van der Waals surface area contributed by atoms with Gasteiger partial charge in [0.05, 0.1) is 41.6 Å². The van der Waals surface area contributed by atoms with Crippen molar-refractivity contribution in [2.75, 3.05) is 13.6 Å². The zero-order valence-electron chi connectivity index (χ0n) is 15.5. The molecule has 1 N–H and O–H groups in total. The van der Waals surface area contributed by atoms with Gasteiger partial charge in [-0.25, -0.2) is 4.98 Å². The maximum Gasteiger partial charge on any atom is 0.0991 e. The molecule has 5 heteroatoms. The molecule has 0 aliphatic heterocycles. The monoisotopic (exact) mass is 348 g/mol. The van der Waals surface area contributed by atoms with Crippen LogP contribution in [-0.4, -0.2) is 39.3 Å². The van der Waals surface area contributed by atoms with E-state index in [-0.39, 0.29) is 0 Å². The quantitative estimate of drug-likeness (QED) is 0.744. The molecule has 1 aromatic heterocycles. The highest BCUT2D eigenvalue weighted by Crippen LogP contribution is 2.19. The summed E-state index contributed by atoms with van der Waals surface area (Å²) in [4.78, 5) is 6.51. The lowest BCUT2D eigenvalue weighted by atomic mass is 10.1. The van der Waals surface area contributed by atoms with Gasteiger partial charge in [-0.3, -0.25) is 4.90 Å². The van der Waals surface area contributed by atoms with Gasteiger partial charge in [0.2, 0.25) is 0 Å². The molecule has 0 amide bonds. The summed E-state index contributed by atoms with van der Waals surface area (Å²) in [6.45, 7) is 5.91. The second kappa shape index (κ2) is 7.69. The topological polar surface area (TPSA) is 65.1 Å². The molecule has 134 valence electrons. The first-order valence-electron chi connectivity index (χ1n) is 8.74. The van der Waals surface area contributed by atoms with Gasteiger partial charge < -0.3 is 9.67 Å². The highest BCUT2D eigenvalue weighted by atomic mass is 16.3. The Balaban J connectivity index is 1.64. The highest BCUT2D eigenvalue weighted by Gasteiger charge is 2.12. The fourth-order valence-corrected chi connectivity index (χ4v) is 3.22. The first kappa shape index (κ1) is 18.1. The molecule has 0 spiro atoms. The Kier molecular flexibility index (Phi) is 5.36. The van der Waals surface area contributed by atoms with Gasteiger partial charge in [0.25, 0.3) is 0 Å². The molecule has 1 heterocycles. The van der Waals surface area contributed by atoms with Gasteiger partial charge >= 0.3 is 0 Å². The van der Waals surface area contributed by atoms with Gasteiger partial charge in [-0.15, -0.1) is 0 Å². The minimum Gasteiger partial charge on any atom is -0.390 e. The van der Waals surface area contributed by atoms with Crippen LogP contribution in [0.1, 0.15) is 22.3 Å². The van der Waals surface area contributed by atoms with Crippen LogP contribution in [-0.2, 0) is 13.1 Å². The number of likely N-dealkylation sites (N-methyl/N-ethyl adjacent to an activating group) is 1. The Morgan fingerprint density at radius 3 is 2.77 bits per heavy atom. The van der Waals surface area contributed by atoms with Crippen molar-refractivity contribution < 1.29 is 5.11 Å². The predicted molar refractivity (Wildman–Crippen MR) is 103 cm³/mol. The lowest BCUT2D eigenvalue weighted by Crippen LogP contribution is -2.31. The minimum absolute atomic E-state index is 0.502. The van der Waals surface area contributed by atoms with E-state index in [4.69, 9.17) is 5.26 Å². The summed E-state index contributed by atoms with van der Waals surface area (Å²) < 4.78 is 2.01. The second-order valence-corrected chi connectivity index (χ2v) is 6.98. The Bertz CT molecular complexity index is 954. The molecule has 26 heavy (non-hydrogen) atoms. The molecular weight excluding hydrogens is 324 g/mol. The number of nitrogens with zero attached hydrogens (tertiary/aromatic N) is 4. The lowest BCUT2D eigenvalue weighted by Gasteiger charge is -2.21. The molecule has 0 fully saturated rings. The van der Waals surface area contributed by atoms with Crippen molar-refractivity contribution in [3.8, 4) is 6.07 Å². The van der Waals surface area contributed by atoms with Gasteiger partial charge in [-0.05, 0) is 61.9 Å². The van der Waals surface area contributed by atoms with Crippen LogP contribution in [0.3, 0.4) is 0 Å². The molecular formula is C21H24N4O. The van der Waals surface area contributed by atoms with Gasteiger partial charge in [0.1, 0.15) is 0 Å². The maximum atomic E-state index is 10.5. The van der Waals surface area contributed by atoms with Crippen LogP contribution >= 0.6 is 0 Å². The third kappa shape index (κ3) is 4.10. The SMILES string of the molecule is Cc1cc2ncn(CC(O)CN(C)Cc3cccc(C#N)c3)c2cc1C. The van der Waals surface area contributed by atoms with Crippen molar-refractivity contribution in [2.24, 2.45) is 0 Å². The number of aromatic nitrogens is 2. The lowest BCUT2D eigenvalue weighted by molar-refractivity contribution is 0.108. The third-order valence-corrected chi connectivity index (χ3v) is 4.67. The third-order valence-electron chi connectivity index (χ3n) is 4.67. The fraction of sp³-hybridized carbons (Fsp3) is 0.333. The normalized spacial score (nSPS) is 12.5. The molecule has 0 radical (unpaired) electrons. The summed E-state index contributed by atoms with van der Waals surface area (Å²) in [5.41, 5.74) is 6.19. The van der Waals surface area contributed by atoms with E-state index in [2.05, 4.69) is 41.9 Å². The Labute approximate surface area is 154 Å². The van der Waals surface area contributed by atoms with Crippen LogP contribution < -0.4 is 0 Å². The van der Waals surface area contributed by atoms with E-state index in [1.807, 2.05) is 29.8 Å². The van der Waals surface area contributed by atoms with Crippen LogP contribution in [0.5, 0.6) is 0 Å². The largest absolute Gasteiger partial charge is 0.390 e. The van der Waals surface area contributed by atoms with E-state index in [0.717, 1.165) is 16.6 Å². The number of hydrogen-bond donors (Lipinski definition) is 1. The maximum absolute atomic E-state index is 10.5. The van der Waals surface area contributed by atoms with Crippen LogP contribution in [0.15, 0.2) is 42.7 Å². The average molecular weight is 348 g/mol. The van der Waals surface area contributed by atoms with Crippen LogP contribution in [0.2, 0.25) is 0 Å². The van der Waals surface area contributed by atoms with Crippen molar-refractivity contribution >= 4 is 11.0 Å². The van der Waals surface area contributed by atoms with Gasteiger partial charge in [-0.1, -0.05) is 12.1 Å². The summed E-state index contributed by atoms with van der Waals surface area (Å²) in [5, 5.41) is 19.5. The molecule has 0 saturated heterocycles. The number of aliphatic hydroxyl groups excluding tert-OH is 1. The first-order valence-corrected chi connectivity index (χ1v) is 8.74. The number of hydrogen-bond acceptors (Lipinski definition) is 4. The number of nitriles is 1. The molecule has 1 unspecified atom stereocenters. The van der Waals surface area contributed by atoms with Crippen molar-refractivity contribution in [2.45, 2.75) is 33.0 Å². The fourth-order valence-electron chi connectivity index (χ4n) is 3.22. The van der Waals surface area contributed by atoms with Crippen LogP contribution in [0.25, 0.3) is 11.0 Å². The minimum atomic E-state index is -0.502. The summed E-state index contributed by atoms with van der Waals surface area (Å²) in [5.74, 6) is 0. The van der Waals surface area contributed by atoms with E-state index in [1.165, 1.54) is 11.1 Å². The molecule has 0 aliphatic carbocycles. The Hall–Kier alpha value is -2.68. The van der Waals surface area contributed by atoms with E-state index < -0.39 is 6.10 Å². The van der Waals surface area contributed by atoms with Crippen LogP contribution in [0, 0.1) is 25.2 Å². The van der Waals surface area contributed by atoms with Crippen molar-refractivity contribution in [3.63, 3.8) is 0 Å². The summed E-state index contributed by atoms with van der Waals surface area (Å²) in [7, 11) is 1.97. The molecule has 5 nitrogen and oxygen atoms in total. The summed E-state index contributed by atoms with van der Waals surface area (Å²) >= 11 is 0. The number of aryl methyl sites for hydroxylation is 2. The number of aliphatic hydroxyl groups is 1. The highest BCUT2D eigenvalue weighted by molar-refractivity contribution is 5.77. The first-order chi connectivity index (χ1) is 12.5. The van der Waals surface area contributed by atoms with E-state index in [9.17, 15) is 5.11 Å². The number of benzene rings is 2. The molecule has 0 aliphatic rings. The zero-order chi connectivity index (χ0) is 18.7. The predicted octanol–water partition coefficient (Wildman–Crippen LogP) is 3.02. The van der Waals surface area contributed by atoms with Gasteiger partial charge in [0, 0.05) is 13.1 Å².